The molecule has 0 atom stereocenters. The highest BCUT2D eigenvalue weighted by Gasteiger charge is 2.09. The minimum absolute atomic E-state index is 0.208. The summed E-state index contributed by atoms with van der Waals surface area (Å²) in [6.45, 7) is 4.37. The van der Waals surface area contributed by atoms with E-state index in [9.17, 15) is 0 Å². The number of ether oxygens (including phenoxy) is 1. The van der Waals surface area contributed by atoms with Gasteiger partial charge >= 0.3 is 0 Å². The van der Waals surface area contributed by atoms with Crippen LogP contribution in [0, 0.1) is 6.92 Å². The molecule has 0 aliphatic rings. The van der Waals surface area contributed by atoms with Crippen LogP contribution in [0.15, 0.2) is 60.7 Å². The van der Waals surface area contributed by atoms with Crippen LogP contribution in [0.3, 0.4) is 0 Å². The van der Waals surface area contributed by atoms with Crippen molar-refractivity contribution in [1.29, 1.82) is 0 Å². The fraction of sp³-hybridized carbons (Fsp3) is 0.273. The summed E-state index contributed by atoms with van der Waals surface area (Å²) < 4.78 is 6.14. The zero-order valence-electron chi connectivity index (χ0n) is 14.7. The van der Waals surface area contributed by atoms with E-state index in [-0.39, 0.29) is 6.61 Å². The van der Waals surface area contributed by atoms with Crippen molar-refractivity contribution >= 4 is 10.8 Å². The molecule has 0 aromatic heterocycles. The van der Waals surface area contributed by atoms with E-state index in [1.54, 1.807) is 0 Å². The summed E-state index contributed by atoms with van der Waals surface area (Å²) in [5, 5.41) is 14.8. The highest BCUT2D eigenvalue weighted by molar-refractivity contribution is 5.87. The van der Waals surface area contributed by atoms with Crippen LogP contribution in [0.1, 0.15) is 23.1 Å². The average Bonchev–Trinajstić information content (AvgIpc) is 2.65. The minimum atomic E-state index is 0.208. The second kappa shape index (κ2) is 8.65. The molecule has 25 heavy (non-hydrogen) atoms. The van der Waals surface area contributed by atoms with Gasteiger partial charge in [-0.15, -0.1) is 0 Å². The Kier molecular flexibility index (Phi) is 6.04. The number of aryl methyl sites for hydroxylation is 1. The van der Waals surface area contributed by atoms with Gasteiger partial charge in [0.2, 0.25) is 0 Å². The molecule has 3 nitrogen and oxygen atoms in total. The van der Waals surface area contributed by atoms with Gasteiger partial charge in [0.05, 0.1) is 0 Å². The Labute approximate surface area is 149 Å². The Bertz CT molecular complexity index is 812. The van der Waals surface area contributed by atoms with Crippen LogP contribution in [0.25, 0.3) is 10.8 Å². The number of nitrogens with one attached hydrogen (secondary N) is 1. The first-order valence-corrected chi connectivity index (χ1v) is 8.78. The monoisotopic (exact) mass is 335 g/mol. The molecule has 0 saturated heterocycles. The molecular formula is C22H25NO2. The summed E-state index contributed by atoms with van der Waals surface area (Å²) in [5.74, 6) is 0.913. The van der Waals surface area contributed by atoms with E-state index in [4.69, 9.17) is 9.84 Å². The van der Waals surface area contributed by atoms with Crippen molar-refractivity contribution in [3.8, 4) is 5.75 Å². The Balaban J connectivity index is 1.81. The standard InChI is InChI=1S/C22H25NO2/c1-17-7-9-18(10-8-17)16-25-22-12-11-19-5-2-3-6-20(19)21(22)15-23-13-4-14-24/h2-3,5-12,23-24H,4,13-16H2,1H3. The fourth-order valence-electron chi connectivity index (χ4n) is 2.90. The van der Waals surface area contributed by atoms with Crippen molar-refractivity contribution in [1.82, 2.24) is 5.32 Å². The Morgan fingerprint density at radius 3 is 2.56 bits per heavy atom. The predicted octanol–water partition coefficient (Wildman–Crippen LogP) is 4.20. The van der Waals surface area contributed by atoms with Crippen molar-refractivity contribution in [3.63, 3.8) is 0 Å². The van der Waals surface area contributed by atoms with Gasteiger partial charge in [0.15, 0.2) is 0 Å². The summed E-state index contributed by atoms with van der Waals surface area (Å²) in [7, 11) is 0. The molecule has 3 heteroatoms. The highest BCUT2D eigenvalue weighted by atomic mass is 16.5. The molecule has 3 rings (SSSR count). The van der Waals surface area contributed by atoms with E-state index < -0.39 is 0 Å². The first-order chi connectivity index (χ1) is 12.3. The van der Waals surface area contributed by atoms with Crippen LogP contribution < -0.4 is 10.1 Å². The van der Waals surface area contributed by atoms with Gasteiger partial charge in [-0.3, -0.25) is 0 Å². The molecule has 0 aliphatic heterocycles. The Hall–Kier alpha value is -2.36. The van der Waals surface area contributed by atoms with Gasteiger partial charge in [-0.1, -0.05) is 60.2 Å². The van der Waals surface area contributed by atoms with Gasteiger partial charge in [-0.25, -0.2) is 0 Å². The van der Waals surface area contributed by atoms with Crippen LogP contribution in [-0.4, -0.2) is 18.3 Å². The number of aliphatic hydroxyl groups excluding tert-OH is 1. The SMILES string of the molecule is Cc1ccc(COc2ccc3ccccc3c2CNCCCO)cc1. The van der Waals surface area contributed by atoms with E-state index in [0.717, 1.165) is 30.8 Å². The number of rotatable bonds is 8. The van der Waals surface area contributed by atoms with Gasteiger partial charge in [0, 0.05) is 18.7 Å². The summed E-state index contributed by atoms with van der Waals surface area (Å²) in [4.78, 5) is 0. The lowest BCUT2D eigenvalue weighted by atomic mass is 10.0. The smallest absolute Gasteiger partial charge is 0.124 e. The second-order valence-corrected chi connectivity index (χ2v) is 6.29. The lowest BCUT2D eigenvalue weighted by molar-refractivity contribution is 0.285. The predicted molar refractivity (Wildman–Crippen MR) is 103 cm³/mol. The molecule has 130 valence electrons. The van der Waals surface area contributed by atoms with Crippen LogP contribution in [-0.2, 0) is 13.2 Å². The molecule has 0 unspecified atom stereocenters. The van der Waals surface area contributed by atoms with Gasteiger partial charge in [0.1, 0.15) is 12.4 Å². The minimum Gasteiger partial charge on any atom is -0.489 e. The molecule has 0 heterocycles. The maximum Gasteiger partial charge on any atom is 0.124 e. The Morgan fingerprint density at radius 1 is 0.960 bits per heavy atom. The normalized spacial score (nSPS) is 11.0. The van der Waals surface area contributed by atoms with E-state index in [1.807, 2.05) is 0 Å². The molecule has 0 fully saturated rings. The molecule has 0 saturated carbocycles. The second-order valence-electron chi connectivity index (χ2n) is 6.29. The van der Waals surface area contributed by atoms with E-state index in [2.05, 4.69) is 72.9 Å². The number of aliphatic hydroxyl groups is 1. The zero-order chi connectivity index (χ0) is 17.5. The van der Waals surface area contributed by atoms with Crippen molar-refractivity contribution < 1.29 is 9.84 Å². The van der Waals surface area contributed by atoms with Crippen molar-refractivity contribution in [2.24, 2.45) is 0 Å². The maximum absolute atomic E-state index is 8.95. The third-order valence-corrected chi connectivity index (χ3v) is 4.33. The molecule has 3 aromatic rings. The fourth-order valence-corrected chi connectivity index (χ4v) is 2.90. The maximum atomic E-state index is 8.95. The van der Waals surface area contributed by atoms with Crippen LogP contribution in [0.5, 0.6) is 5.75 Å². The molecule has 0 amide bonds. The van der Waals surface area contributed by atoms with Gasteiger partial charge in [0.25, 0.3) is 0 Å². The lowest BCUT2D eigenvalue weighted by Crippen LogP contribution is -2.16. The highest BCUT2D eigenvalue weighted by Crippen LogP contribution is 2.28. The topological polar surface area (TPSA) is 41.5 Å². The van der Waals surface area contributed by atoms with E-state index in [0.29, 0.717) is 6.61 Å². The molecule has 0 radical (unpaired) electrons. The molecule has 2 N–H and O–H groups in total. The largest absolute Gasteiger partial charge is 0.489 e. The van der Waals surface area contributed by atoms with Crippen LogP contribution in [0.4, 0.5) is 0 Å². The quantitative estimate of drug-likeness (QED) is 0.606. The van der Waals surface area contributed by atoms with Crippen LogP contribution >= 0.6 is 0 Å². The molecule has 0 aliphatic carbocycles. The number of hydrogen-bond acceptors (Lipinski definition) is 3. The summed E-state index contributed by atoms with van der Waals surface area (Å²) in [6.07, 6.45) is 0.754. The number of hydrogen-bond donors (Lipinski definition) is 2. The summed E-state index contributed by atoms with van der Waals surface area (Å²) in [5.41, 5.74) is 3.59. The zero-order valence-corrected chi connectivity index (χ0v) is 14.7. The third kappa shape index (κ3) is 4.59. The van der Waals surface area contributed by atoms with Crippen LogP contribution in [0.2, 0.25) is 0 Å². The molecular weight excluding hydrogens is 310 g/mol. The van der Waals surface area contributed by atoms with E-state index >= 15 is 0 Å². The Morgan fingerprint density at radius 2 is 1.76 bits per heavy atom. The van der Waals surface area contributed by atoms with Gasteiger partial charge in [-0.05, 0) is 42.3 Å². The van der Waals surface area contributed by atoms with Gasteiger partial charge < -0.3 is 15.2 Å². The summed E-state index contributed by atoms with van der Waals surface area (Å²) in [6, 6.07) is 21.0. The number of benzene rings is 3. The van der Waals surface area contributed by atoms with Gasteiger partial charge in [-0.2, -0.15) is 0 Å². The average molecular weight is 335 g/mol. The summed E-state index contributed by atoms with van der Waals surface area (Å²) >= 11 is 0. The van der Waals surface area contributed by atoms with Crippen molar-refractivity contribution in [2.45, 2.75) is 26.5 Å². The molecule has 3 aromatic carbocycles. The first-order valence-electron chi connectivity index (χ1n) is 8.78. The lowest BCUT2D eigenvalue weighted by Gasteiger charge is -2.15. The first kappa shape index (κ1) is 17.5. The van der Waals surface area contributed by atoms with E-state index in [1.165, 1.54) is 21.9 Å². The molecule has 0 bridgehead atoms. The third-order valence-electron chi connectivity index (χ3n) is 4.33. The van der Waals surface area contributed by atoms with Crippen molar-refractivity contribution in [3.05, 3.63) is 77.4 Å². The van der Waals surface area contributed by atoms with Crippen molar-refractivity contribution in [2.75, 3.05) is 13.2 Å². The number of fused-ring (bicyclic) bond motifs is 1. The molecule has 0 spiro atoms.